The second kappa shape index (κ2) is 9.59. The number of aryl methyl sites for hydroxylation is 1. The molecule has 2 heterocycles. The normalized spacial score (nSPS) is 14.4. The summed E-state index contributed by atoms with van der Waals surface area (Å²) in [6, 6.07) is 13.2. The maximum atomic E-state index is 12.7. The molecule has 1 fully saturated rings. The van der Waals surface area contributed by atoms with Crippen molar-refractivity contribution >= 4 is 38.6 Å². The van der Waals surface area contributed by atoms with E-state index in [2.05, 4.69) is 10.6 Å². The zero-order chi connectivity index (χ0) is 23.4. The Hall–Kier alpha value is -3.44. The molecule has 1 aliphatic heterocycles. The molecule has 4 rings (SSSR count). The van der Waals surface area contributed by atoms with Crippen LogP contribution in [0.4, 0.5) is 5.69 Å². The first-order valence-corrected chi connectivity index (χ1v) is 12.0. The molecule has 10 nitrogen and oxygen atoms in total. The number of nitrogens with one attached hydrogen (secondary N) is 2. The van der Waals surface area contributed by atoms with Gasteiger partial charge in [-0.05, 0) is 37.1 Å². The van der Waals surface area contributed by atoms with Crippen molar-refractivity contribution in [1.82, 2.24) is 14.2 Å². The highest BCUT2D eigenvalue weighted by Gasteiger charge is 2.28. The monoisotopic (exact) mass is 472 g/mol. The second-order valence-corrected chi connectivity index (χ2v) is 9.64. The number of fused-ring (bicyclic) bond motifs is 1. The molecular weight excluding hydrogens is 448 g/mol. The molecule has 1 aromatic heterocycles. The van der Waals surface area contributed by atoms with Gasteiger partial charge in [-0.25, -0.2) is 13.2 Å². The summed E-state index contributed by atoms with van der Waals surface area (Å²) in [5.74, 6) is -1.46. The number of hydrogen-bond acceptors (Lipinski definition) is 6. The summed E-state index contributed by atoms with van der Waals surface area (Å²) in [6.07, 6.45) is 1.59. The van der Waals surface area contributed by atoms with Gasteiger partial charge in [-0.1, -0.05) is 18.2 Å². The van der Waals surface area contributed by atoms with Crippen molar-refractivity contribution in [2.24, 2.45) is 0 Å². The van der Waals surface area contributed by atoms with E-state index in [1.165, 1.54) is 27.1 Å². The van der Waals surface area contributed by atoms with Crippen LogP contribution in [0, 0.1) is 0 Å². The molecule has 0 unspecified atom stereocenters. The Bertz CT molecular complexity index is 1320. The van der Waals surface area contributed by atoms with Gasteiger partial charge in [0.05, 0.1) is 17.0 Å². The van der Waals surface area contributed by atoms with Gasteiger partial charge in [-0.3, -0.25) is 14.2 Å². The summed E-state index contributed by atoms with van der Waals surface area (Å²) in [7, 11) is -3.64. The summed E-state index contributed by atoms with van der Waals surface area (Å²) in [5, 5.41) is 5.17. The van der Waals surface area contributed by atoms with Crippen molar-refractivity contribution in [2.75, 3.05) is 25.0 Å². The number of amides is 2. The third kappa shape index (κ3) is 5.15. The average molecular weight is 473 g/mol. The lowest BCUT2D eigenvalue weighted by Gasteiger charge is -2.15. The van der Waals surface area contributed by atoms with E-state index in [0.29, 0.717) is 24.3 Å². The first-order chi connectivity index (χ1) is 15.8. The molecule has 0 aliphatic carbocycles. The number of hydrogen-bond donors (Lipinski definition) is 2. The summed E-state index contributed by atoms with van der Waals surface area (Å²) < 4.78 is 33.4. The minimum Gasteiger partial charge on any atom is -0.408 e. The van der Waals surface area contributed by atoms with Crippen molar-refractivity contribution in [3.05, 3.63) is 59.1 Å². The third-order valence-electron chi connectivity index (χ3n) is 5.41. The summed E-state index contributed by atoms with van der Waals surface area (Å²) in [5.41, 5.74) is 1.16. The molecule has 1 saturated heterocycles. The second-order valence-electron chi connectivity index (χ2n) is 7.70. The van der Waals surface area contributed by atoms with Gasteiger partial charge in [-0.15, -0.1) is 0 Å². The molecule has 11 heteroatoms. The van der Waals surface area contributed by atoms with Crippen molar-refractivity contribution in [2.45, 2.75) is 30.7 Å². The van der Waals surface area contributed by atoms with Crippen LogP contribution in [0.3, 0.4) is 0 Å². The van der Waals surface area contributed by atoms with Crippen LogP contribution in [0.1, 0.15) is 19.3 Å². The predicted molar refractivity (Wildman–Crippen MR) is 121 cm³/mol. The number of carbonyl (C=O) groups is 2. The van der Waals surface area contributed by atoms with Crippen LogP contribution in [0.2, 0.25) is 0 Å². The van der Waals surface area contributed by atoms with Gasteiger partial charge in [0.1, 0.15) is 0 Å². The maximum absolute atomic E-state index is 12.7. The van der Waals surface area contributed by atoms with Crippen molar-refractivity contribution in [3.8, 4) is 0 Å². The number of para-hydroxylation sites is 1. The van der Waals surface area contributed by atoms with Gasteiger partial charge in [0.15, 0.2) is 5.58 Å². The van der Waals surface area contributed by atoms with E-state index in [4.69, 9.17) is 4.42 Å². The fourth-order valence-corrected chi connectivity index (χ4v) is 5.24. The average Bonchev–Trinajstić information content (AvgIpc) is 3.45. The van der Waals surface area contributed by atoms with Crippen molar-refractivity contribution in [3.63, 3.8) is 0 Å². The number of carbonyl (C=O) groups excluding carboxylic acids is 2. The molecule has 2 amide bonds. The third-order valence-corrected chi connectivity index (χ3v) is 7.30. The number of nitrogens with zero attached hydrogens (tertiary/aromatic N) is 2. The van der Waals surface area contributed by atoms with Crippen molar-refractivity contribution < 1.29 is 22.4 Å². The minimum absolute atomic E-state index is 0.0240. The minimum atomic E-state index is -3.64. The van der Waals surface area contributed by atoms with E-state index in [-0.39, 0.29) is 35.9 Å². The highest BCUT2D eigenvalue weighted by atomic mass is 32.2. The molecule has 3 aromatic rings. The molecule has 0 saturated carbocycles. The smallest absolute Gasteiger partial charge is 0.408 e. The molecule has 1 aliphatic rings. The fraction of sp³-hybridized carbons (Fsp3) is 0.318. The Labute approximate surface area is 190 Å². The molecular formula is C22H24N4O6S. The van der Waals surface area contributed by atoms with Crippen molar-refractivity contribution in [1.29, 1.82) is 0 Å². The van der Waals surface area contributed by atoms with Gasteiger partial charge < -0.3 is 15.1 Å². The molecule has 174 valence electrons. The fourth-order valence-electron chi connectivity index (χ4n) is 3.70. The van der Waals surface area contributed by atoms with Crippen LogP contribution < -0.4 is 16.4 Å². The van der Waals surface area contributed by atoms with Crippen LogP contribution in [0.25, 0.3) is 11.1 Å². The number of aromatic nitrogens is 1. The van der Waals surface area contributed by atoms with E-state index < -0.39 is 21.7 Å². The standard InChI is InChI=1S/C22H24N4O6S/c27-20(23-15-21(28)24-16-6-2-1-3-7-16)10-13-26-18-9-8-17(14-19(18)32-22(26)29)33(30,31)25-11-4-5-12-25/h1-3,6-9,14H,4-5,10-13,15H2,(H,23,27)(H,24,28). The quantitative estimate of drug-likeness (QED) is 0.511. The summed E-state index contributed by atoms with van der Waals surface area (Å²) in [4.78, 5) is 36.4. The van der Waals surface area contributed by atoms with Crippen LogP contribution in [-0.4, -0.2) is 48.7 Å². The van der Waals surface area contributed by atoms with E-state index >= 15 is 0 Å². The number of anilines is 1. The van der Waals surface area contributed by atoms with Crippen LogP contribution in [0.5, 0.6) is 0 Å². The molecule has 0 radical (unpaired) electrons. The summed E-state index contributed by atoms with van der Waals surface area (Å²) >= 11 is 0. The number of sulfonamides is 1. The van der Waals surface area contributed by atoms with E-state index in [1.807, 2.05) is 6.07 Å². The van der Waals surface area contributed by atoms with Gasteiger partial charge in [0.2, 0.25) is 21.8 Å². The summed E-state index contributed by atoms with van der Waals surface area (Å²) in [6.45, 7) is 0.774. The van der Waals surface area contributed by atoms with Gasteiger partial charge >= 0.3 is 5.76 Å². The Kier molecular flexibility index (Phi) is 6.61. The highest BCUT2D eigenvalue weighted by molar-refractivity contribution is 7.89. The molecule has 0 bridgehead atoms. The first-order valence-electron chi connectivity index (χ1n) is 10.6. The molecule has 2 aromatic carbocycles. The number of benzene rings is 2. The molecule has 2 N–H and O–H groups in total. The van der Waals surface area contributed by atoms with E-state index in [0.717, 1.165) is 12.8 Å². The number of oxazole rings is 1. The zero-order valence-electron chi connectivity index (χ0n) is 17.8. The van der Waals surface area contributed by atoms with Gasteiger partial charge in [0, 0.05) is 37.8 Å². The maximum Gasteiger partial charge on any atom is 0.419 e. The van der Waals surface area contributed by atoms with Gasteiger partial charge in [0.25, 0.3) is 0 Å². The van der Waals surface area contributed by atoms with Gasteiger partial charge in [-0.2, -0.15) is 4.31 Å². The Morgan fingerprint density at radius 3 is 2.45 bits per heavy atom. The Balaban J connectivity index is 1.37. The first kappa shape index (κ1) is 22.7. The molecule has 0 spiro atoms. The highest BCUT2D eigenvalue weighted by Crippen LogP contribution is 2.24. The molecule has 0 atom stereocenters. The largest absolute Gasteiger partial charge is 0.419 e. The predicted octanol–water partition coefficient (Wildman–Crippen LogP) is 1.52. The topological polar surface area (TPSA) is 131 Å². The lowest BCUT2D eigenvalue weighted by molar-refractivity contribution is -0.124. The van der Waals surface area contributed by atoms with E-state index in [9.17, 15) is 22.8 Å². The lowest BCUT2D eigenvalue weighted by Crippen LogP contribution is -2.33. The zero-order valence-corrected chi connectivity index (χ0v) is 18.6. The van der Waals surface area contributed by atoms with Crippen LogP contribution in [0.15, 0.2) is 62.6 Å². The van der Waals surface area contributed by atoms with Crippen LogP contribution >= 0.6 is 0 Å². The Morgan fingerprint density at radius 1 is 1.00 bits per heavy atom. The Morgan fingerprint density at radius 2 is 1.73 bits per heavy atom. The SMILES string of the molecule is O=C(CCn1c(=O)oc2cc(S(=O)(=O)N3CCCC3)ccc21)NCC(=O)Nc1ccccc1. The van der Waals surface area contributed by atoms with E-state index in [1.54, 1.807) is 24.3 Å². The molecule has 33 heavy (non-hydrogen) atoms. The lowest BCUT2D eigenvalue weighted by atomic mass is 10.3. The van der Waals surface area contributed by atoms with Crippen LogP contribution in [-0.2, 0) is 26.2 Å². The number of rotatable bonds is 8.